The van der Waals surface area contributed by atoms with E-state index in [0.29, 0.717) is 21.0 Å². The van der Waals surface area contributed by atoms with E-state index in [1.807, 2.05) is 18.2 Å². The molecule has 0 unspecified atom stereocenters. The number of aliphatic imine (C=N–C) groups is 1. The van der Waals surface area contributed by atoms with Crippen molar-refractivity contribution in [3.05, 3.63) is 63.5 Å². The Morgan fingerprint density at radius 3 is 2.83 bits per heavy atom. The highest BCUT2D eigenvalue weighted by Crippen LogP contribution is 2.43. The molecule has 4 rings (SSSR count). The van der Waals surface area contributed by atoms with E-state index in [1.54, 1.807) is 12.1 Å². The van der Waals surface area contributed by atoms with Gasteiger partial charge in [-0.05, 0) is 92.4 Å². The van der Waals surface area contributed by atoms with Crippen LogP contribution in [-0.4, -0.2) is 23.2 Å². The second-order valence-corrected chi connectivity index (χ2v) is 9.91. The average Bonchev–Trinajstić information content (AvgIpc) is 3.00. The second-order valence-electron chi connectivity index (χ2n) is 8.44. The Labute approximate surface area is 187 Å². The van der Waals surface area contributed by atoms with Gasteiger partial charge < -0.3 is 10.2 Å². The monoisotopic (exact) mass is 439 g/mol. The lowest BCUT2D eigenvalue weighted by molar-refractivity contribution is -0.115. The van der Waals surface area contributed by atoms with E-state index < -0.39 is 0 Å². The van der Waals surface area contributed by atoms with Crippen LogP contribution in [0.25, 0.3) is 6.08 Å². The van der Waals surface area contributed by atoms with Gasteiger partial charge in [-0.3, -0.25) is 4.79 Å². The number of anilines is 1. The summed E-state index contributed by atoms with van der Waals surface area (Å²) in [6.07, 6.45) is 3.06. The second kappa shape index (κ2) is 8.12. The summed E-state index contributed by atoms with van der Waals surface area (Å²) in [5, 5.41) is 4.03. The molecule has 1 amide bonds. The molecule has 1 atom stereocenters. The molecule has 1 N–H and O–H groups in total. The highest BCUT2D eigenvalue weighted by atomic mass is 35.5. The summed E-state index contributed by atoms with van der Waals surface area (Å²) in [5.41, 5.74) is 4.56. The predicted molar refractivity (Wildman–Crippen MR) is 129 cm³/mol. The number of nitrogens with zero attached hydrogens (tertiary/aromatic N) is 2. The molecule has 0 bridgehead atoms. The lowest BCUT2D eigenvalue weighted by Gasteiger charge is -2.47. The van der Waals surface area contributed by atoms with Gasteiger partial charge in [-0.1, -0.05) is 30.7 Å². The zero-order valence-corrected chi connectivity index (χ0v) is 19.3. The molecule has 1 fully saturated rings. The van der Waals surface area contributed by atoms with E-state index >= 15 is 0 Å². The zero-order chi connectivity index (χ0) is 21.5. The van der Waals surface area contributed by atoms with Crippen LogP contribution < -0.4 is 10.2 Å². The Kier molecular flexibility index (Phi) is 5.69. The lowest BCUT2D eigenvalue weighted by Crippen LogP contribution is -2.48. The molecule has 2 aliphatic heterocycles. The number of rotatable bonds is 3. The molecular formula is C24H26ClN3OS. The molecule has 0 radical (unpaired) electrons. The van der Waals surface area contributed by atoms with Gasteiger partial charge in [0.25, 0.3) is 5.91 Å². The average molecular weight is 440 g/mol. The summed E-state index contributed by atoms with van der Waals surface area (Å²) in [4.78, 5) is 20.1. The van der Waals surface area contributed by atoms with Gasteiger partial charge >= 0.3 is 0 Å². The fraction of sp³-hybridized carbons (Fsp3) is 0.333. The molecule has 156 valence electrons. The standard InChI is InChI=1S/C24H26ClN3OS/c1-5-28-20-10-9-16(11-19(20)15(2)14-24(28,3)4)12-21-22(29)27-23(30-21)26-18-8-6-7-17(25)13-18/h6-13,15H,5,14H2,1-4H3,(H,26,27,29)/b21-12-/t15-/m0/s1. The van der Waals surface area contributed by atoms with Crippen LogP contribution in [0.4, 0.5) is 11.4 Å². The van der Waals surface area contributed by atoms with Crippen LogP contribution in [0.15, 0.2) is 52.4 Å². The van der Waals surface area contributed by atoms with Gasteiger partial charge in [0.2, 0.25) is 0 Å². The molecule has 0 spiro atoms. The molecule has 0 aliphatic carbocycles. The van der Waals surface area contributed by atoms with Gasteiger partial charge in [0.1, 0.15) is 0 Å². The molecule has 2 aromatic carbocycles. The third-order valence-corrected chi connectivity index (χ3v) is 6.86. The van der Waals surface area contributed by atoms with E-state index in [2.05, 4.69) is 61.1 Å². The van der Waals surface area contributed by atoms with Crippen molar-refractivity contribution in [3.8, 4) is 0 Å². The van der Waals surface area contributed by atoms with Crippen LogP contribution in [0.1, 0.15) is 51.2 Å². The molecular weight excluding hydrogens is 414 g/mol. The molecule has 2 heterocycles. The van der Waals surface area contributed by atoms with Crippen LogP contribution in [0.2, 0.25) is 5.02 Å². The molecule has 0 saturated carbocycles. The Morgan fingerprint density at radius 1 is 1.30 bits per heavy atom. The molecule has 2 aliphatic rings. The maximum absolute atomic E-state index is 12.5. The number of hydrogen-bond donors (Lipinski definition) is 1. The van der Waals surface area contributed by atoms with Crippen LogP contribution in [0.3, 0.4) is 0 Å². The van der Waals surface area contributed by atoms with Gasteiger partial charge in [-0.25, -0.2) is 4.99 Å². The van der Waals surface area contributed by atoms with E-state index in [4.69, 9.17) is 11.6 Å². The van der Waals surface area contributed by atoms with E-state index in [0.717, 1.165) is 24.2 Å². The number of amides is 1. The number of hydrogen-bond acceptors (Lipinski definition) is 4. The fourth-order valence-electron chi connectivity index (χ4n) is 4.49. The molecule has 30 heavy (non-hydrogen) atoms. The third kappa shape index (κ3) is 4.14. The van der Waals surface area contributed by atoms with Crippen molar-refractivity contribution in [1.82, 2.24) is 5.32 Å². The van der Waals surface area contributed by atoms with E-state index in [9.17, 15) is 4.79 Å². The predicted octanol–water partition coefficient (Wildman–Crippen LogP) is 6.34. The normalized spacial score (nSPS) is 23.0. The summed E-state index contributed by atoms with van der Waals surface area (Å²) in [6, 6.07) is 13.8. The van der Waals surface area contributed by atoms with Crippen molar-refractivity contribution in [2.24, 2.45) is 4.99 Å². The van der Waals surface area contributed by atoms with Crippen LogP contribution in [0, 0.1) is 0 Å². The largest absolute Gasteiger partial charge is 0.366 e. The quantitative estimate of drug-likeness (QED) is 0.567. The van der Waals surface area contributed by atoms with Crippen molar-refractivity contribution in [3.63, 3.8) is 0 Å². The molecule has 2 aromatic rings. The van der Waals surface area contributed by atoms with Crippen LogP contribution in [-0.2, 0) is 4.79 Å². The lowest BCUT2D eigenvalue weighted by atomic mass is 9.79. The molecule has 6 heteroatoms. The maximum atomic E-state index is 12.5. The number of benzene rings is 2. The van der Waals surface area contributed by atoms with Crippen molar-refractivity contribution >= 4 is 51.9 Å². The summed E-state index contributed by atoms with van der Waals surface area (Å²) < 4.78 is 0. The Balaban J connectivity index is 1.61. The number of nitrogens with one attached hydrogen (secondary N) is 1. The summed E-state index contributed by atoms with van der Waals surface area (Å²) in [6.45, 7) is 10.1. The maximum Gasteiger partial charge on any atom is 0.264 e. The van der Waals surface area contributed by atoms with Gasteiger partial charge in [0.15, 0.2) is 5.17 Å². The number of thioether (sulfide) groups is 1. The van der Waals surface area contributed by atoms with Crippen LogP contribution >= 0.6 is 23.4 Å². The summed E-state index contributed by atoms with van der Waals surface area (Å²) >= 11 is 7.38. The minimum atomic E-state index is -0.122. The smallest absolute Gasteiger partial charge is 0.264 e. The first-order valence-corrected chi connectivity index (χ1v) is 11.4. The Hall–Kier alpha value is -2.24. The first-order chi connectivity index (χ1) is 14.3. The SMILES string of the molecule is CCN1c2ccc(/C=C3\SC(=Nc4cccc(Cl)c4)NC3=O)cc2[C@@H](C)CC1(C)C. The summed E-state index contributed by atoms with van der Waals surface area (Å²) in [7, 11) is 0. The number of amidine groups is 1. The first kappa shape index (κ1) is 21.0. The molecule has 4 nitrogen and oxygen atoms in total. The van der Waals surface area contributed by atoms with E-state index in [-0.39, 0.29) is 11.4 Å². The first-order valence-electron chi connectivity index (χ1n) is 10.2. The Bertz CT molecular complexity index is 1060. The molecule has 1 saturated heterocycles. The highest BCUT2D eigenvalue weighted by molar-refractivity contribution is 8.18. The topological polar surface area (TPSA) is 44.7 Å². The van der Waals surface area contributed by atoms with Gasteiger partial charge in [0, 0.05) is 22.8 Å². The Morgan fingerprint density at radius 2 is 2.10 bits per heavy atom. The van der Waals surface area contributed by atoms with E-state index in [1.165, 1.54) is 23.0 Å². The van der Waals surface area contributed by atoms with Gasteiger partial charge in [0.05, 0.1) is 10.6 Å². The minimum absolute atomic E-state index is 0.122. The number of carbonyl (C=O) groups excluding carboxylic acids is 1. The number of carbonyl (C=O) groups is 1. The summed E-state index contributed by atoms with van der Waals surface area (Å²) in [5.74, 6) is 0.351. The van der Waals surface area contributed by atoms with Crippen molar-refractivity contribution < 1.29 is 4.79 Å². The van der Waals surface area contributed by atoms with Crippen LogP contribution in [0.5, 0.6) is 0 Å². The third-order valence-electron chi connectivity index (χ3n) is 5.71. The van der Waals surface area contributed by atoms with Gasteiger partial charge in [-0.15, -0.1) is 0 Å². The zero-order valence-electron chi connectivity index (χ0n) is 17.7. The number of halogens is 1. The van der Waals surface area contributed by atoms with Crippen molar-refractivity contribution in [1.29, 1.82) is 0 Å². The fourth-order valence-corrected chi connectivity index (χ4v) is 5.52. The van der Waals surface area contributed by atoms with Crippen molar-refractivity contribution in [2.75, 3.05) is 11.4 Å². The molecule has 0 aromatic heterocycles. The number of fused-ring (bicyclic) bond motifs is 1. The minimum Gasteiger partial charge on any atom is -0.366 e. The van der Waals surface area contributed by atoms with Gasteiger partial charge in [-0.2, -0.15) is 0 Å². The highest BCUT2D eigenvalue weighted by Gasteiger charge is 2.35. The van der Waals surface area contributed by atoms with Crippen molar-refractivity contribution in [2.45, 2.75) is 45.6 Å².